The highest BCUT2D eigenvalue weighted by Crippen LogP contribution is 2.08. The molecule has 7 heteroatoms. The molecule has 0 saturated carbocycles. The van der Waals surface area contributed by atoms with Gasteiger partial charge in [0, 0.05) is 12.0 Å². The van der Waals surface area contributed by atoms with Gasteiger partial charge < -0.3 is 20.0 Å². The Hall–Kier alpha value is -2.70. The van der Waals surface area contributed by atoms with E-state index < -0.39 is 23.9 Å². The molecular weight excluding hydrogens is 290 g/mol. The van der Waals surface area contributed by atoms with E-state index in [1.54, 1.807) is 0 Å². The molecule has 118 valence electrons. The molecule has 1 atom stereocenters. The molecule has 2 N–H and O–H groups in total. The third kappa shape index (κ3) is 5.01. The van der Waals surface area contributed by atoms with Gasteiger partial charge in [0.05, 0.1) is 12.7 Å². The summed E-state index contributed by atoms with van der Waals surface area (Å²) in [6.07, 6.45) is 0.0620. The van der Waals surface area contributed by atoms with E-state index in [2.05, 4.69) is 10.1 Å². The van der Waals surface area contributed by atoms with E-state index >= 15 is 0 Å². The number of hydrogen-bond acceptors (Lipinski definition) is 5. The van der Waals surface area contributed by atoms with Gasteiger partial charge in [0.25, 0.3) is 5.91 Å². The minimum absolute atomic E-state index is 0.00704. The van der Waals surface area contributed by atoms with Gasteiger partial charge in [-0.15, -0.1) is 0 Å². The number of aliphatic carboxylic acids is 1. The van der Waals surface area contributed by atoms with Crippen LogP contribution in [0.1, 0.15) is 40.5 Å². The Morgan fingerprint density at radius 1 is 1.23 bits per heavy atom. The van der Waals surface area contributed by atoms with Crippen molar-refractivity contribution >= 4 is 23.6 Å². The number of benzene rings is 1. The van der Waals surface area contributed by atoms with E-state index in [1.165, 1.54) is 38.3 Å². The van der Waals surface area contributed by atoms with Crippen molar-refractivity contribution in [2.75, 3.05) is 7.11 Å². The number of carboxylic acids is 1. The Kier molecular flexibility index (Phi) is 6.25. The minimum Gasteiger partial charge on any atom is -0.480 e. The Morgan fingerprint density at radius 3 is 2.41 bits per heavy atom. The molecule has 7 nitrogen and oxygen atoms in total. The SMILES string of the molecule is COC(=O)c1cccc(C(=O)N[C@@H](CCC(C)=O)C(=O)O)c1. The summed E-state index contributed by atoms with van der Waals surface area (Å²) in [5.74, 6) is -2.62. The van der Waals surface area contributed by atoms with Crippen LogP contribution < -0.4 is 5.32 Å². The molecule has 0 spiro atoms. The standard InChI is InChI=1S/C15H17NO6/c1-9(17)6-7-12(14(19)20)16-13(18)10-4-3-5-11(8-10)15(21)22-2/h3-5,8,12H,6-7H2,1-2H3,(H,16,18)(H,19,20)/t12-/m0/s1. The summed E-state index contributed by atoms with van der Waals surface area (Å²) < 4.78 is 4.55. The smallest absolute Gasteiger partial charge is 0.337 e. The van der Waals surface area contributed by atoms with Crippen LogP contribution in [0.4, 0.5) is 0 Å². The zero-order chi connectivity index (χ0) is 16.7. The largest absolute Gasteiger partial charge is 0.480 e. The molecule has 0 saturated heterocycles. The molecule has 1 amide bonds. The number of ketones is 1. The van der Waals surface area contributed by atoms with Crippen LogP contribution in [0, 0.1) is 0 Å². The third-order valence-electron chi connectivity index (χ3n) is 2.93. The predicted molar refractivity (Wildman–Crippen MR) is 76.6 cm³/mol. The minimum atomic E-state index is -1.22. The average Bonchev–Trinajstić information content (AvgIpc) is 2.49. The van der Waals surface area contributed by atoms with E-state index in [1.807, 2.05) is 0 Å². The van der Waals surface area contributed by atoms with Gasteiger partial charge in [-0.25, -0.2) is 9.59 Å². The van der Waals surface area contributed by atoms with Crippen molar-refractivity contribution in [1.29, 1.82) is 0 Å². The highest BCUT2D eigenvalue weighted by Gasteiger charge is 2.21. The van der Waals surface area contributed by atoms with Crippen LogP contribution >= 0.6 is 0 Å². The molecule has 0 heterocycles. The Bertz CT molecular complexity index is 595. The monoisotopic (exact) mass is 307 g/mol. The molecule has 22 heavy (non-hydrogen) atoms. The quantitative estimate of drug-likeness (QED) is 0.728. The molecule has 1 aromatic rings. The number of amides is 1. The lowest BCUT2D eigenvalue weighted by atomic mass is 10.1. The van der Waals surface area contributed by atoms with Crippen LogP contribution in [0.5, 0.6) is 0 Å². The fraction of sp³-hybridized carbons (Fsp3) is 0.333. The molecule has 0 bridgehead atoms. The van der Waals surface area contributed by atoms with Crippen molar-refractivity contribution in [3.05, 3.63) is 35.4 Å². The molecule has 0 aromatic heterocycles. The lowest BCUT2D eigenvalue weighted by Crippen LogP contribution is -2.41. The van der Waals surface area contributed by atoms with Crippen LogP contribution in [0.15, 0.2) is 24.3 Å². The second-order valence-corrected chi connectivity index (χ2v) is 4.68. The molecule has 0 aliphatic heterocycles. The van der Waals surface area contributed by atoms with Crippen molar-refractivity contribution in [2.24, 2.45) is 0 Å². The van der Waals surface area contributed by atoms with Crippen LogP contribution in [0.3, 0.4) is 0 Å². The summed E-state index contributed by atoms with van der Waals surface area (Å²) in [7, 11) is 1.22. The van der Waals surface area contributed by atoms with Gasteiger partial charge >= 0.3 is 11.9 Å². The summed E-state index contributed by atoms with van der Waals surface area (Å²) in [6.45, 7) is 1.35. The topological polar surface area (TPSA) is 110 Å². The van der Waals surface area contributed by atoms with Gasteiger partial charge in [-0.2, -0.15) is 0 Å². The lowest BCUT2D eigenvalue weighted by molar-refractivity contribution is -0.139. The predicted octanol–water partition coefficient (Wildman–Crippen LogP) is 1.03. The summed E-state index contributed by atoms with van der Waals surface area (Å²) >= 11 is 0. The van der Waals surface area contributed by atoms with Gasteiger partial charge in [0.15, 0.2) is 0 Å². The summed E-state index contributed by atoms with van der Waals surface area (Å²) in [6, 6.07) is 4.56. The van der Waals surface area contributed by atoms with Crippen LogP contribution in [-0.2, 0) is 14.3 Å². The van der Waals surface area contributed by atoms with Crippen molar-refractivity contribution in [3.63, 3.8) is 0 Å². The van der Waals surface area contributed by atoms with Crippen LogP contribution in [-0.4, -0.2) is 41.9 Å². The molecule has 1 rings (SSSR count). The lowest BCUT2D eigenvalue weighted by Gasteiger charge is -2.14. The molecule has 0 aliphatic carbocycles. The van der Waals surface area contributed by atoms with Crippen molar-refractivity contribution in [2.45, 2.75) is 25.8 Å². The first kappa shape index (κ1) is 17.4. The third-order valence-corrected chi connectivity index (χ3v) is 2.93. The summed E-state index contributed by atoms with van der Waals surface area (Å²) in [4.78, 5) is 45.5. The molecule has 0 unspecified atom stereocenters. The number of esters is 1. The number of hydrogen-bond donors (Lipinski definition) is 2. The second-order valence-electron chi connectivity index (χ2n) is 4.68. The van der Waals surface area contributed by atoms with E-state index in [9.17, 15) is 19.2 Å². The Balaban J connectivity index is 2.83. The van der Waals surface area contributed by atoms with Crippen molar-refractivity contribution < 1.29 is 29.0 Å². The molecule has 1 aromatic carbocycles. The van der Waals surface area contributed by atoms with Crippen molar-refractivity contribution in [3.8, 4) is 0 Å². The van der Waals surface area contributed by atoms with E-state index in [0.29, 0.717) is 0 Å². The molecule has 0 aliphatic rings. The zero-order valence-electron chi connectivity index (χ0n) is 12.3. The van der Waals surface area contributed by atoms with Gasteiger partial charge in [-0.1, -0.05) is 6.07 Å². The summed E-state index contributed by atoms with van der Waals surface area (Å²) in [5.41, 5.74) is 0.322. The van der Waals surface area contributed by atoms with Crippen molar-refractivity contribution in [1.82, 2.24) is 5.32 Å². The number of nitrogens with one attached hydrogen (secondary N) is 1. The zero-order valence-corrected chi connectivity index (χ0v) is 12.3. The Labute approximate surface area is 127 Å². The fourth-order valence-corrected chi connectivity index (χ4v) is 1.75. The van der Waals surface area contributed by atoms with E-state index in [-0.39, 0.29) is 29.8 Å². The van der Waals surface area contributed by atoms with E-state index in [4.69, 9.17) is 5.11 Å². The van der Waals surface area contributed by atoms with Gasteiger partial charge in [0.2, 0.25) is 0 Å². The highest BCUT2D eigenvalue weighted by molar-refractivity contribution is 5.99. The first-order valence-corrected chi connectivity index (χ1v) is 6.56. The average molecular weight is 307 g/mol. The number of rotatable bonds is 7. The fourth-order valence-electron chi connectivity index (χ4n) is 1.75. The maximum absolute atomic E-state index is 12.1. The first-order valence-electron chi connectivity index (χ1n) is 6.56. The first-order chi connectivity index (χ1) is 10.3. The van der Waals surface area contributed by atoms with Gasteiger partial charge in [-0.3, -0.25) is 4.79 Å². The van der Waals surface area contributed by atoms with Crippen LogP contribution in [0.25, 0.3) is 0 Å². The highest BCUT2D eigenvalue weighted by atomic mass is 16.5. The van der Waals surface area contributed by atoms with E-state index in [0.717, 1.165) is 0 Å². The second kappa shape index (κ2) is 7.92. The maximum Gasteiger partial charge on any atom is 0.337 e. The number of carbonyl (C=O) groups excluding carboxylic acids is 3. The maximum atomic E-state index is 12.1. The number of methoxy groups -OCH3 is 1. The Morgan fingerprint density at radius 2 is 1.86 bits per heavy atom. The number of carbonyl (C=O) groups is 4. The van der Waals surface area contributed by atoms with Gasteiger partial charge in [0.1, 0.15) is 11.8 Å². The van der Waals surface area contributed by atoms with Gasteiger partial charge in [-0.05, 0) is 31.5 Å². The summed E-state index contributed by atoms with van der Waals surface area (Å²) in [5, 5.41) is 11.4. The normalized spacial score (nSPS) is 11.4. The molecule has 0 fully saturated rings. The number of Topliss-reactive ketones (excluding diaryl/α,β-unsaturated/α-hetero) is 1. The molecular formula is C15H17NO6. The van der Waals surface area contributed by atoms with Crippen LogP contribution in [0.2, 0.25) is 0 Å². The number of carboxylic acid groups (broad SMARTS) is 1. The molecule has 0 radical (unpaired) electrons. The number of ether oxygens (including phenoxy) is 1.